The van der Waals surface area contributed by atoms with E-state index < -0.39 is 5.60 Å². The molecule has 0 aromatic rings. The number of nitrogens with zero attached hydrogens (tertiary/aromatic N) is 2. The lowest BCUT2D eigenvalue weighted by Gasteiger charge is -2.33. The molecule has 1 fully saturated rings. The van der Waals surface area contributed by atoms with Crippen molar-refractivity contribution in [3.8, 4) is 0 Å². The van der Waals surface area contributed by atoms with Gasteiger partial charge in [-0.25, -0.2) is 4.79 Å². The fourth-order valence-corrected chi connectivity index (χ4v) is 2.38. The van der Waals surface area contributed by atoms with Gasteiger partial charge in [-0.05, 0) is 39.5 Å². The highest BCUT2D eigenvalue weighted by Gasteiger charge is 2.26. The summed E-state index contributed by atoms with van der Waals surface area (Å²) in [6.45, 7) is 9.41. The predicted octanol–water partition coefficient (Wildman–Crippen LogP) is 2.06. The van der Waals surface area contributed by atoms with Crippen molar-refractivity contribution in [3.63, 3.8) is 0 Å². The first-order valence-electron chi connectivity index (χ1n) is 8.27. The molecule has 7 nitrogen and oxygen atoms in total. The molecule has 0 aromatic carbocycles. The van der Waals surface area contributed by atoms with E-state index in [1.165, 1.54) is 0 Å². The number of aliphatic imine (C=N–C) groups is 1. The summed E-state index contributed by atoms with van der Waals surface area (Å²) in [7, 11) is 3.43. The third-order valence-electron chi connectivity index (χ3n) is 3.65. The first kappa shape index (κ1) is 23.2. The van der Waals surface area contributed by atoms with Gasteiger partial charge in [0, 0.05) is 40.3 Å². The Labute approximate surface area is 162 Å². The van der Waals surface area contributed by atoms with E-state index in [1.807, 2.05) is 20.8 Å². The number of rotatable bonds is 5. The van der Waals surface area contributed by atoms with Crippen molar-refractivity contribution in [3.05, 3.63) is 0 Å². The molecular weight excluding hydrogens is 423 g/mol. The number of methoxy groups -OCH3 is 1. The molecule has 0 unspecified atom stereocenters. The molecule has 1 aliphatic heterocycles. The van der Waals surface area contributed by atoms with Crippen LogP contribution >= 0.6 is 24.0 Å². The molecule has 1 aliphatic rings. The van der Waals surface area contributed by atoms with Crippen molar-refractivity contribution >= 4 is 36.0 Å². The van der Waals surface area contributed by atoms with Crippen LogP contribution in [0.3, 0.4) is 0 Å². The van der Waals surface area contributed by atoms with Gasteiger partial charge < -0.3 is 25.0 Å². The highest BCUT2D eigenvalue weighted by Crippen LogP contribution is 2.19. The number of nitrogens with one attached hydrogen (secondary N) is 2. The zero-order chi connectivity index (χ0) is 17.3. The molecule has 0 radical (unpaired) electrons. The van der Waals surface area contributed by atoms with E-state index in [2.05, 4.69) is 15.6 Å². The molecule has 1 rings (SSSR count). The molecule has 1 saturated heterocycles. The van der Waals surface area contributed by atoms with Crippen molar-refractivity contribution in [1.82, 2.24) is 15.5 Å². The molecule has 1 heterocycles. The fourth-order valence-electron chi connectivity index (χ4n) is 2.38. The second kappa shape index (κ2) is 11.7. The van der Waals surface area contributed by atoms with Crippen LogP contribution in [0.4, 0.5) is 4.79 Å². The predicted molar refractivity (Wildman–Crippen MR) is 107 cm³/mol. The molecule has 1 amide bonds. The van der Waals surface area contributed by atoms with Crippen LogP contribution < -0.4 is 10.6 Å². The number of likely N-dealkylation sites (tertiary alicyclic amines) is 1. The molecule has 24 heavy (non-hydrogen) atoms. The van der Waals surface area contributed by atoms with Crippen LogP contribution in [0, 0.1) is 5.92 Å². The van der Waals surface area contributed by atoms with Crippen molar-refractivity contribution in [1.29, 1.82) is 0 Å². The maximum absolute atomic E-state index is 12.0. The van der Waals surface area contributed by atoms with Crippen LogP contribution in [0.1, 0.15) is 33.6 Å². The van der Waals surface area contributed by atoms with Crippen molar-refractivity contribution in [2.45, 2.75) is 39.2 Å². The average Bonchev–Trinajstić information content (AvgIpc) is 2.49. The number of guanidine groups is 1. The Morgan fingerprint density at radius 2 is 1.88 bits per heavy atom. The first-order valence-corrected chi connectivity index (χ1v) is 8.27. The van der Waals surface area contributed by atoms with Crippen molar-refractivity contribution in [2.75, 3.05) is 46.9 Å². The number of halogens is 1. The molecular formula is C16H33IN4O3. The SMILES string of the molecule is CN=C(NCCOC)NCC1CCN(C(=O)OC(C)(C)C)CC1.I. The van der Waals surface area contributed by atoms with E-state index in [9.17, 15) is 4.79 Å². The summed E-state index contributed by atoms with van der Waals surface area (Å²) in [4.78, 5) is 18.0. The van der Waals surface area contributed by atoms with Crippen LogP contribution in [0.25, 0.3) is 0 Å². The van der Waals surface area contributed by atoms with Crippen LogP contribution in [0.2, 0.25) is 0 Å². The van der Waals surface area contributed by atoms with Gasteiger partial charge in [0.1, 0.15) is 5.60 Å². The standard InChI is InChI=1S/C16H32N4O3.HI/c1-16(2,3)23-15(21)20-9-6-13(7-10-20)12-19-14(17-4)18-8-11-22-5;/h13H,6-12H2,1-5H3,(H2,17,18,19);1H. The number of carbonyl (C=O) groups excluding carboxylic acids is 1. The quantitative estimate of drug-likeness (QED) is 0.287. The van der Waals surface area contributed by atoms with Crippen molar-refractivity contribution in [2.24, 2.45) is 10.9 Å². The van der Waals surface area contributed by atoms with Gasteiger partial charge in [0.2, 0.25) is 0 Å². The summed E-state index contributed by atoms with van der Waals surface area (Å²) in [5, 5.41) is 6.52. The lowest BCUT2D eigenvalue weighted by atomic mass is 9.97. The Kier molecular flexibility index (Phi) is 11.4. The largest absolute Gasteiger partial charge is 0.444 e. The normalized spacial score (nSPS) is 16.4. The monoisotopic (exact) mass is 456 g/mol. The van der Waals surface area contributed by atoms with E-state index in [1.54, 1.807) is 19.1 Å². The van der Waals surface area contributed by atoms with E-state index in [4.69, 9.17) is 9.47 Å². The third-order valence-corrected chi connectivity index (χ3v) is 3.65. The fraction of sp³-hybridized carbons (Fsp3) is 0.875. The molecule has 0 bridgehead atoms. The number of carbonyl (C=O) groups is 1. The number of amides is 1. The molecule has 2 N–H and O–H groups in total. The zero-order valence-corrected chi connectivity index (χ0v) is 17.9. The first-order chi connectivity index (χ1) is 10.9. The van der Waals surface area contributed by atoms with Gasteiger partial charge in [-0.1, -0.05) is 0 Å². The second-order valence-corrected chi connectivity index (χ2v) is 6.78. The van der Waals surface area contributed by atoms with Gasteiger partial charge in [-0.15, -0.1) is 24.0 Å². The number of piperidine rings is 1. The Morgan fingerprint density at radius 3 is 2.38 bits per heavy atom. The van der Waals surface area contributed by atoms with Crippen LogP contribution in [0.5, 0.6) is 0 Å². The number of ether oxygens (including phenoxy) is 2. The summed E-state index contributed by atoms with van der Waals surface area (Å²) < 4.78 is 10.4. The minimum absolute atomic E-state index is 0. The van der Waals surface area contributed by atoms with Gasteiger partial charge in [0.25, 0.3) is 0 Å². The average molecular weight is 456 g/mol. The summed E-state index contributed by atoms with van der Waals surface area (Å²) in [6.07, 6.45) is 1.74. The molecule has 0 spiro atoms. The van der Waals surface area contributed by atoms with Crippen LogP contribution in [-0.4, -0.2) is 69.5 Å². The highest BCUT2D eigenvalue weighted by atomic mass is 127. The Hall–Kier alpha value is -0.770. The van der Waals surface area contributed by atoms with Crippen LogP contribution in [0.15, 0.2) is 4.99 Å². The maximum atomic E-state index is 12.0. The molecule has 8 heteroatoms. The molecule has 0 saturated carbocycles. The summed E-state index contributed by atoms with van der Waals surface area (Å²) >= 11 is 0. The Morgan fingerprint density at radius 1 is 1.25 bits per heavy atom. The second-order valence-electron chi connectivity index (χ2n) is 6.78. The summed E-state index contributed by atoms with van der Waals surface area (Å²) in [6, 6.07) is 0. The van der Waals surface area contributed by atoms with E-state index >= 15 is 0 Å². The van der Waals surface area contributed by atoms with Gasteiger partial charge in [-0.3, -0.25) is 4.99 Å². The van der Waals surface area contributed by atoms with Gasteiger partial charge in [0.05, 0.1) is 6.61 Å². The number of hydrogen-bond acceptors (Lipinski definition) is 4. The van der Waals surface area contributed by atoms with E-state index in [0.717, 1.165) is 45.0 Å². The molecule has 0 atom stereocenters. The topological polar surface area (TPSA) is 75.2 Å². The van der Waals surface area contributed by atoms with E-state index in [-0.39, 0.29) is 30.1 Å². The highest BCUT2D eigenvalue weighted by molar-refractivity contribution is 14.0. The lowest BCUT2D eigenvalue weighted by molar-refractivity contribution is 0.0185. The van der Waals surface area contributed by atoms with Gasteiger partial charge in [-0.2, -0.15) is 0 Å². The van der Waals surface area contributed by atoms with Crippen molar-refractivity contribution < 1.29 is 14.3 Å². The smallest absolute Gasteiger partial charge is 0.410 e. The minimum Gasteiger partial charge on any atom is -0.444 e. The maximum Gasteiger partial charge on any atom is 0.410 e. The van der Waals surface area contributed by atoms with E-state index in [0.29, 0.717) is 12.5 Å². The lowest BCUT2D eigenvalue weighted by Crippen LogP contribution is -2.45. The Balaban J connectivity index is 0.00000529. The van der Waals surface area contributed by atoms with Gasteiger partial charge in [0.15, 0.2) is 5.96 Å². The molecule has 0 aromatic heterocycles. The third kappa shape index (κ3) is 9.51. The molecule has 142 valence electrons. The number of hydrogen-bond donors (Lipinski definition) is 2. The zero-order valence-electron chi connectivity index (χ0n) is 15.6. The minimum atomic E-state index is -0.435. The summed E-state index contributed by atoms with van der Waals surface area (Å²) in [5.74, 6) is 1.33. The van der Waals surface area contributed by atoms with Gasteiger partial charge >= 0.3 is 6.09 Å². The van der Waals surface area contributed by atoms with Crippen LogP contribution in [-0.2, 0) is 9.47 Å². The molecule has 0 aliphatic carbocycles. The Bertz CT molecular complexity index is 391. The summed E-state index contributed by atoms with van der Waals surface area (Å²) in [5.41, 5.74) is -0.435.